The second-order valence-electron chi connectivity index (χ2n) is 16.7. The molecule has 1 unspecified atom stereocenters. The predicted octanol–water partition coefficient (Wildman–Crippen LogP) is 2.21. The smallest absolute Gasteiger partial charge is 0.295 e. The van der Waals surface area contributed by atoms with E-state index in [0.29, 0.717) is 28.2 Å². The minimum Gasteiger partial charge on any atom is -0.354 e. The van der Waals surface area contributed by atoms with Crippen molar-refractivity contribution < 1.29 is 53.5 Å². The maximum atomic E-state index is 13.9. The fraction of sp³-hybridized carbons (Fsp3) is 0.261. The van der Waals surface area contributed by atoms with Crippen LogP contribution in [0.5, 0.6) is 0 Å². The standard InChI is InChI=1S/C46H51N11O13S3/c1-27-18-28(2)42(29(3)19-27)72(66,67)56-36(30(4)58)24-51-44(61)35-25-57(38-20-31(10-12-34(38)41(35)59)21-52-46-48-15-16-49-46)17-7-14-47-45(62)37(26-71(63,64)65)54-43(60)33-11-13-40(50-22-33)55-53-23-32-8-5-6-9-39(32)73(68,69)70/h5-6,8-13,15-16,18-20,22-23,25,36-37,56H,7,14,17,21,24,26H2,1-4H3,(H,47,62)(H,50,55)(H,51,61)(H,54,60)(H2,48,49,52)(H,63,64,65)(H,68,69,70)/b53-23+/t36-,37?/m0/s1. The highest BCUT2D eigenvalue weighted by atomic mass is 32.2. The van der Waals surface area contributed by atoms with Gasteiger partial charge < -0.3 is 30.8 Å². The number of aromatic nitrogens is 4. The number of nitrogens with one attached hydrogen (secondary N) is 7. The Morgan fingerprint density at radius 3 is 2.25 bits per heavy atom. The summed E-state index contributed by atoms with van der Waals surface area (Å²) in [6.45, 7) is 5.88. The minimum absolute atomic E-state index is 0.00709. The lowest BCUT2D eigenvalue weighted by Crippen LogP contribution is -2.50. The SMILES string of the molecule is CC(=O)[C@H](CNC(=O)c1cn(CCCNC(=O)C(CS(=O)(=O)O)NC(=O)c2ccc(N/N=C/c3ccccc3S(=O)(=O)O)nc2)c2cc(CNc3ncc[nH]3)ccc2c1=O)NS(=O)(=O)c1c(C)cc(C)cc1C. The first kappa shape index (κ1) is 54.6. The average Bonchev–Trinajstić information content (AvgIpc) is 3.84. The number of hydrogen-bond acceptors (Lipinski definition) is 16. The maximum absolute atomic E-state index is 13.9. The second-order valence-corrected chi connectivity index (χ2v) is 21.2. The van der Waals surface area contributed by atoms with E-state index < -0.39 is 83.6 Å². The summed E-state index contributed by atoms with van der Waals surface area (Å²) >= 11 is 0. The number of rotatable bonds is 23. The number of ketones is 1. The third kappa shape index (κ3) is 14.7. The molecule has 3 heterocycles. The van der Waals surface area contributed by atoms with Gasteiger partial charge in [0, 0.05) is 61.9 Å². The second kappa shape index (κ2) is 23.2. The lowest BCUT2D eigenvalue weighted by molar-refractivity contribution is -0.122. The van der Waals surface area contributed by atoms with Gasteiger partial charge in [-0.1, -0.05) is 42.0 Å². The zero-order valence-electron chi connectivity index (χ0n) is 39.5. The van der Waals surface area contributed by atoms with Crippen LogP contribution in [0.15, 0.2) is 111 Å². The summed E-state index contributed by atoms with van der Waals surface area (Å²) in [6, 6.07) is 13.1. The molecule has 6 rings (SSSR count). The van der Waals surface area contributed by atoms with Crippen molar-refractivity contribution in [2.24, 2.45) is 5.10 Å². The van der Waals surface area contributed by atoms with E-state index in [-0.39, 0.29) is 63.7 Å². The number of aryl methyl sites for hydroxylation is 4. The van der Waals surface area contributed by atoms with E-state index in [1.807, 2.05) is 6.92 Å². The van der Waals surface area contributed by atoms with Crippen LogP contribution in [-0.2, 0) is 52.9 Å². The third-order valence-electron chi connectivity index (χ3n) is 11.0. The maximum Gasteiger partial charge on any atom is 0.295 e. The highest BCUT2D eigenvalue weighted by Crippen LogP contribution is 2.22. The fourth-order valence-electron chi connectivity index (χ4n) is 7.64. The number of aromatic amines is 1. The zero-order valence-corrected chi connectivity index (χ0v) is 42.0. The van der Waals surface area contributed by atoms with Crippen LogP contribution in [0, 0.1) is 20.8 Å². The molecule has 0 aliphatic carbocycles. The van der Waals surface area contributed by atoms with Crippen LogP contribution in [0.1, 0.15) is 61.9 Å². The Morgan fingerprint density at radius 1 is 0.877 bits per heavy atom. The zero-order chi connectivity index (χ0) is 53.3. The van der Waals surface area contributed by atoms with Crippen molar-refractivity contribution in [2.45, 2.75) is 69.1 Å². The first-order chi connectivity index (χ1) is 34.4. The van der Waals surface area contributed by atoms with Gasteiger partial charge in [0.1, 0.15) is 33.9 Å². The Kier molecular flexibility index (Phi) is 17.4. The summed E-state index contributed by atoms with van der Waals surface area (Å²) in [5.41, 5.74) is 4.28. The van der Waals surface area contributed by atoms with Crippen molar-refractivity contribution >= 4 is 82.6 Å². The molecule has 0 aliphatic rings. The minimum atomic E-state index is -4.83. The Balaban J connectivity index is 1.15. The van der Waals surface area contributed by atoms with Crippen LogP contribution in [0.3, 0.4) is 0 Å². The Bertz CT molecular complexity index is 3470. The highest BCUT2D eigenvalue weighted by molar-refractivity contribution is 7.89. The molecule has 386 valence electrons. The van der Waals surface area contributed by atoms with Crippen molar-refractivity contribution in [3.05, 3.63) is 141 Å². The number of H-pyrrole nitrogens is 1. The number of fused-ring (bicyclic) bond motifs is 1. The summed E-state index contributed by atoms with van der Waals surface area (Å²) in [5.74, 6) is -4.09. The van der Waals surface area contributed by atoms with Gasteiger partial charge in [-0.15, -0.1) is 0 Å². The van der Waals surface area contributed by atoms with Gasteiger partial charge in [0.05, 0.1) is 28.2 Å². The molecule has 0 saturated heterocycles. The van der Waals surface area contributed by atoms with E-state index in [1.165, 1.54) is 48.7 Å². The van der Waals surface area contributed by atoms with E-state index in [9.17, 15) is 58.3 Å². The molecule has 3 aromatic heterocycles. The molecule has 0 saturated carbocycles. The van der Waals surface area contributed by atoms with Gasteiger partial charge in [0.15, 0.2) is 5.95 Å². The number of Topliss-reactive ketones (excluding diaryl/α,β-unsaturated/α-hetero) is 1. The lowest BCUT2D eigenvalue weighted by Gasteiger charge is -2.20. The van der Waals surface area contributed by atoms with Crippen LogP contribution < -0.4 is 36.8 Å². The van der Waals surface area contributed by atoms with Gasteiger partial charge in [0.2, 0.25) is 21.4 Å². The van der Waals surface area contributed by atoms with Gasteiger partial charge in [-0.2, -0.15) is 26.7 Å². The van der Waals surface area contributed by atoms with Gasteiger partial charge >= 0.3 is 0 Å². The van der Waals surface area contributed by atoms with Crippen LogP contribution >= 0.6 is 0 Å². The number of anilines is 2. The van der Waals surface area contributed by atoms with Crippen molar-refractivity contribution in [3.63, 3.8) is 0 Å². The number of sulfonamides is 1. The number of benzene rings is 3. The quantitative estimate of drug-likeness (QED) is 0.0192. The van der Waals surface area contributed by atoms with E-state index in [0.717, 1.165) is 24.9 Å². The van der Waals surface area contributed by atoms with E-state index in [2.05, 4.69) is 51.5 Å². The average molecular weight is 1060 g/mol. The van der Waals surface area contributed by atoms with Gasteiger partial charge in [0.25, 0.3) is 32.1 Å². The largest absolute Gasteiger partial charge is 0.354 e. The molecule has 6 aromatic rings. The summed E-state index contributed by atoms with van der Waals surface area (Å²) in [6.07, 6.45) is 6.75. The number of amides is 3. The summed E-state index contributed by atoms with van der Waals surface area (Å²) in [4.78, 5) is 77.8. The fourth-order valence-corrected chi connectivity index (χ4v) is 10.7. The van der Waals surface area contributed by atoms with Crippen LogP contribution in [0.4, 0.5) is 11.8 Å². The number of hydrogen-bond donors (Lipinski definition) is 9. The molecule has 0 fully saturated rings. The first-order valence-corrected chi connectivity index (χ1v) is 26.6. The number of carbonyl (C=O) groups excluding carboxylic acids is 4. The van der Waals surface area contributed by atoms with E-state index >= 15 is 0 Å². The summed E-state index contributed by atoms with van der Waals surface area (Å²) in [5, 5.41) is 14.4. The molecule has 27 heteroatoms. The molecule has 9 N–H and O–H groups in total. The van der Waals surface area contributed by atoms with Crippen molar-refractivity contribution in [3.8, 4) is 0 Å². The molecule has 3 amide bonds. The monoisotopic (exact) mass is 1060 g/mol. The van der Waals surface area contributed by atoms with Crippen LogP contribution in [-0.4, -0.2) is 115 Å². The molecule has 3 aromatic carbocycles. The molecular weight excluding hydrogens is 1010 g/mol. The van der Waals surface area contributed by atoms with Gasteiger partial charge in [-0.05, 0) is 81.1 Å². The number of pyridine rings is 2. The molecule has 0 radical (unpaired) electrons. The molecular formula is C46H51N11O13S3. The third-order valence-corrected chi connectivity index (χ3v) is 14.4. The predicted molar refractivity (Wildman–Crippen MR) is 269 cm³/mol. The highest BCUT2D eigenvalue weighted by Gasteiger charge is 2.29. The van der Waals surface area contributed by atoms with Gasteiger partial charge in [-0.25, -0.2) is 18.4 Å². The summed E-state index contributed by atoms with van der Waals surface area (Å²) < 4.78 is 97.4. The number of nitrogens with zero attached hydrogens (tertiary/aromatic N) is 4. The number of carbonyl (C=O) groups is 4. The topological polar surface area (TPSA) is 359 Å². The summed E-state index contributed by atoms with van der Waals surface area (Å²) in [7, 11) is -13.6. The Labute approximate surface area is 419 Å². The normalized spacial score (nSPS) is 12.8. The molecule has 0 spiro atoms. The molecule has 2 atom stereocenters. The Morgan fingerprint density at radius 2 is 1.60 bits per heavy atom. The molecule has 0 bridgehead atoms. The number of hydrazone groups is 1. The van der Waals surface area contributed by atoms with Crippen molar-refractivity contribution in [1.29, 1.82) is 0 Å². The van der Waals surface area contributed by atoms with Crippen LogP contribution in [0.2, 0.25) is 0 Å². The van der Waals surface area contributed by atoms with E-state index in [4.69, 9.17) is 0 Å². The van der Waals surface area contributed by atoms with Crippen LogP contribution in [0.25, 0.3) is 10.9 Å². The molecule has 0 aliphatic heterocycles. The van der Waals surface area contributed by atoms with E-state index in [1.54, 1.807) is 55.1 Å². The molecule has 73 heavy (non-hydrogen) atoms. The molecule has 24 nitrogen and oxygen atoms in total. The lowest BCUT2D eigenvalue weighted by atomic mass is 10.1. The van der Waals surface area contributed by atoms with Crippen molar-refractivity contribution in [1.82, 2.24) is 40.2 Å². The van der Waals surface area contributed by atoms with Gasteiger partial charge in [-0.3, -0.25) is 38.5 Å². The number of imidazole rings is 1. The Hall–Kier alpha value is -7.69. The van der Waals surface area contributed by atoms with Crippen molar-refractivity contribution in [2.75, 3.05) is 29.6 Å². The first-order valence-electron chi connectivity index (χ1n) is 22.0.